The van der Waals surface area contributed by atoms with E-state index in [0.29, 0.717) is 5.92 Å². The number of hydrogen-bond acceptors (Lipinski definition) is 4. The van der Waals surface area contributed by atoms with Crippen LogP contribution in [0.1, 0.15) is 54.7 Å². The van der Waals surface area contributed by atoms with E-state index in [-0.39, 0.29) is 35.0 Å². The Morgan fingerprint density at radius 1 is 1.45 bits per heavy atom. The van der Waals surface area contributed by atoms with Crippen molar-refractivity contribution in [2.24, 2.45) is 28.4 Å². The van der Waals surface area contributed by atoms with E-state index in [1.54, 1.807) is 0 Å². The minimum absolute atomic E-state index is 0.0255. The van der Waals surface area contributed by atoms with Crippen LogP contribution >= 0.6 is 0 Å². The molecule has 1 spiro atoms. The van der Waals surface area contributed by atoms with Gasteiger partial charge in [-0.2, -0.15) is 0 Å². The van der Waals surface area contributed by atoms with Gasteiger partial charge in [-0.1, -0.05) is 27.7 Å². The van der Waals surface area contributed by atoms with Gasteiger partial charge in [-0.15, -0.1) is 0 Å². The maximum absolute atomic E-state index is 12.9. The van der Waals surface area contributed by atoms with Crippen LogP contribution in [0.25, 0.3) is 0 Å². The number of carbonyl (C=O) groups is 1. The van der Waals surface area contributed by atoms with Crippen molar-refractivity contribution in [2.75, 3.05) is 5.75 Å². The number of nitrogens with zero attached hydrogens (tertiary/aromatic N) is 1. The number of sulfonamides is 1. The summed E-state index contributed by atoms with van der Waals surface area (Å²) in [5.41, 5.74) is 5.47. The van der Waals surface area contributed by atoms with Gasteiger partial charge in [0, 0.05) is 5.41 Å². The topological polar surface area (TPSA) is 80.5 Å². The molecule has 1 saturated heterocycles. The number of hydrogen-bond donors (Lipinski definition) is 1. The molecule has 3 aliphatic rings. The quantitative estimate of drug-likeness (QED) is 0.855. The summed E-state index contributed by atoms with van der Waals surface area (Å²) in [6, 6.07) is -2.19. The molecule has 2 N–H and O–H groups in total. The zero-order valence-corrected chi connectivity index (χ0v) is 14.7. The minimum Gasteiger partial charge on any atom is -0.320 e. The smallest absolute Gasteiger partial charge is 0.253 e. The van der Waals surface area contributed by atoms with Gasteiger partial charge >= 0.3 is 0 Å². The van der Waals surface area contributed by atoms with Crippen molar-refractivity contribution < 1.29 is 14.6 Å². The molecule has 3 rings (SSSR count). The molecule has 6 heteroatoms. The molecule has 1 aliphatic heterocycles. The maximum Gasteiger partial charge on any atom is 0.253 e. The van der Waals surface area contributed by atoms with Gasteiger partial charge in [-0.05, 0) is 42.9 Å². The molecule has 0 aromatic carbocycles. The molecule has 22 heavy (non-hydrogen) atoms. The predicted octanol–water partition coefficient (Wildman–Crippen LogP) is 1.73. The van der Waals surface area contributed by atoms with E-state index in [1.807, 2.05) is 13.8 Å². The molecular weight excluding hydrogens is 300 g/mol. The standard InChI is InChI=1S/C16H28N2O3S/c1-10(2)7-12(17)14(19)18-13-8-11-5-6-16(13,15(11,3)4)9-22(18,20)21/h10-13H,5-9,17H2,1-4H3/t11-,12+,13-,16-/m1/s1/i12D. The summed E-state index contributed by atoms with van der Waals surface area (Å²) >= 11 is 0. The Morgan fingerprint density at radius 2 is 2.09 bits per heavy atom. The number of fused-ring (bicyclic) bond motifs is 1. The van der Waals surface area contributed by atoms with Crippen molar-refractivity contribution in [2.45, 2.75) is 65.4 Å². The molecule has 0 aromatic heterocycles. The van der Waals surface area contributed by atoms with Gasteiger partial charge in [-0.25, -0.2) is 12.7 Å². The van der Waals surface area contributed by atoms with Crippen LogP contribution in [0, 0.1) is 22.7 Å². The lowest BCUT2D eigenvalue weighted by molar-refractivity contribution is -0.130. The molecule has 126 valence electrons. The summed E-state index contributed by atoms with van der Waals surface area (Å²) in [5.74, 6) is -0.215. The Morgan fingerprint density at radius 3 is 2.64 bits per heavy atom. The van der Waals surface area contributed by atoms with E-state index in [9.17, 15) is 13.2 Å². The van der Waals surface area contributed by atoms with Crippen molar-refractivity contribution in [1.29, 1.82) is 0 Å². The molecule has 5 nitrogen and oxygen atoms in total. The third-order valence-corrected chi connectivity index (χ3v) is 8.41. The Bertz CT molecular complexity index is 644. The van der Waals surface area contributed by atoms with Crippen molar-refractivity contribution in [3.05, 3.63) is 0 Å². The first-order valence-corrected chi connectivity index (χ1v) is 9.81. The second-order valence-electron chi connectivity index (χ2n) is 8.35. The summed E-state index contributed by atoms with van der Waals surface area (Å²) in [5, 5.41) is 0. The predicted molar refractivity (Wildman–Crippen MR) is 85.4 cm³/mol. The Labute approximate surface area is 135 Å². The van der Waals surface area contributed by atoms with Gasteiger partial charge in [0.1, 0.15) is 0 Å². The van der Waals surface area contributed by atoms with E-state index in [4.69, 9.17) is 7.10 Å². The molecular formula is C16H28N2O3S. The van der Waals surface area contributed by atoms with E-state index in [0.717, 1.165) is 23.6 Å². The SMILES string of the molecule is [2H][C@](N)(CC(C)C)C(=O)N1[C@@H]2C[C@H]3CC[C@]2(CS1(=O)=O)C3(C)C. The summed E-state index contributed by atoms with van der Waals surface area (Å²) in [6.45, 7) is 8.03. The number of nitrogens with two attached hydrogens (primary N) is 1. The highest BCUT2D eigenvalue weighted by Crippen LogP contribution is 2.69. The van der Waals surface area contributed by atoms with Crippen molar-refractivity contribution in [3.8, 4) is 0 Å². The van der Waals surface area contributed by atoms with Crippen LogP contribution in [0.15, 0.2) is 0 Å². The van der Waals surface area contributed by atoms with E-state index < -0.39 is 21.9 Å². The van der Waals surface area contributed by atoms with E-state index in [1.165, 1.54) is 0 Å². The zero-order chi connectivity index (χ0) is 17.4. The fourth-order valence-electron chi connectivity index (χ4n) is 5.22. The average Bonchev–Trinajstić information content (AvgIpc) is 2.83. The molecule has 3 fully saturated rings. The molecule has 1 amide bonds. The third-order valence-electron chi connectivity index (χ3n) is 6.51. The largest absolute Gasteiger partial charge is 0.320 e. The van der Waals surface area contributed by atoms with Crippen LogP contribution in [0.3, 0.4) is 0 Å². The molecule has 2 bridgehead atoms. The molecule has 2 saturated carbocycles. The molecule has 1 heterocycles. The minimum atomic E-state index is -3.70. The molecule has 0 radical (unpaired) electrons. The van der Waals surface area contributed by atoms with Gasteiger partial charge in [-0.3, -0.25) is 4.79 Å². The van der Waals surface area contributed by atoms with Crippen LogP contribution in [-0.4, -0.2) is 36.4 Å². The van der Waals surface area contributed by atoms with Gasteiger partial charge < -0.3 is 5.73 Å². The van der Waals surface area contributed by atoms with Crippen LogP contribution in [-0.2, 0) is 14.8 Å². The lowest BCUT2D eigenvalue weighted by Gasteiger charge is -2.37. The highest BCUT2D eigenvalue weighted by molar-refractivity contribution is 7.90. The lowest BCUT2D eigenvalue weighted by atomic mass is 9.69. The van der Waals surface area contributed by atoms with Crippen molar-refractivity contribution in [1.82, 2.24) is 4.31 Å². The molecule has 0 aromatic rings. The molecule has 0 unspecified atom stereocenters. The maximum atomic E-state index is 12.9. The number of carbonyl (C=O) groups excluding carboxylic acids is 1. The summed E-state index contributed by atoms with van der Waals surface area (Å²) in [6.07, 6.45) is 2.75. The Hall–Kier alpha value is -0.620. The monoisotopic (exact) mass is 329 g/mol. The fraction of sp³-hybridized carbons (Fsp3) is 0.938. The van der Waals surface area contributed by atoms with Gasteiger partial charge in [0.25, 0.3) is 5.91 Å². The van der Waals surface area contributed by atoms with E-state index >= 15 is 0 Å². The average molecular weight is 329 g/mol. The third kappa shape index (κ3) is 1.92. The first-order valence-electron chi connectivity index (χ1n) is 8.70. The first kappa shape index (κ1) is 14.9. The van der Waals surface area contributed by atoms with Crippen molar-refractivity contribution >= 4 is 15.9 Å². The number of rotatable bonds is 3. The van der Waals surface area contributed by atoms with Crippen LogP contribution in [0.4, 0.5) is 0 Å². The van der Waals surface area contributed by atoms with Crippen molar-refractivity contribution in [3.63, 3.8) is 0 Å². The van der Waals surface area contributed by atoms with Crippen LogP contribution in [0.2, 0.25) is 0 Å². The summed E-state index contributed by atoms with van der Waals surface area (Å²) < 4.78 is 34.8. The second-order valence-corrected chi connectivity index (χ2v) is 10.2. The Kier molecular flexibility index (Phi) is 3.19. The Balaban J connectivity index is 2.00. The van der Waals surface area contributed by atoms with Gasteiger partial charge in [0.2, 0.25) is 10.0 Å². The van der Waals surface area contributed by atoms with E-state index in [2.05, 4.69) is 13.8 Å². The summed E-state index contributed by atoms with van der Waals surface area (Å²) in [7, 11) is -3.70. The normalized spacial score (nSPS) is 41.4. The fourth-order valence-corrected chi connectivity index (χ4v) is 7.77. The van der Waals surface area contributed by atoms with Crippen LogP contribution < -0.4 is 5.73 Å². The highest BCUT2D eigenvalue weighted by atomic mass is 32.2. The zero-order valence-electron chi connectivity index (χ0n) is 14.9. The molecule has 4 atom stereocenters. The summed E-state index contributed by atoms with van der Waals surface area (Å²) in [4.78, 5) is 12.9. The van der Waals surface area contributed by atoms with Gasteiger partial charge in [0.05, 0.1) is 19.2 Å². The number of amides is 1. The molecule has 2 aliphatic carbocycles. The van der Waals surface area contributed by atoms with Gasteiger partial charge in [0.15, 0.2) is 0 Å². The highest BCUT2D eigenvalue weighted by Gasteiger charge is 2.72. The second kappa shape index (κ2) is 4.69. The first-order chi connectivity index (χ1) is 10.4. The van der Waals surface area contributed by atoms with Crippen LogP contribution in [0.5, 0.6) is 0 Å². The lowest BCUT2D eigenvalue weighted by Crippen LogP contribution is -2.50.